The first-order valence-electron chi connectivity index (χ1n) is 9.06. The molecule has 3 aromatic rings. The number of rotatable bonds is 3. The van der Waals surface area contributed by atoms with Crippen LogP contribution in [0.4, 0.5) is 13.2 Å². The first-order chi connectivity index (χ1) is 14.0. The number of aromatic nitrogens is 2. The van der Waals surface area contributed by atoms with Gasteiger partial charge in [-0.05, 0) is 44.0 Å². The first-order valence-corrected chi connectivity index (χ1v) is 9.06. The number of esters is 1. The maximum Gasteiger partial charge on any atom is 0.417 e. The molecule has 30 heavy (non-hydrogen) atoms. The minimum absolute atomic E-state index is 0.0217. The molecular weight excluding hydrogens is 397 g/mol. The Balaban J connectivity index is 2.07. The zero-order chi connectivity index (χ0) is 22.1. The van der Waals surface area contributed by atoms with Gasteiger partial charge < -0.3 is 9.72 Å². The van der Waals surface area contributed by atoms with Gasteiger partial charge in [0.05, 0.1) is 5.56 Å². The molecule has 0 aliphatic carbocycles. The maximum atomic E-state index is 13.4. The van der Waals surface area contributed by atoms with Crippen molar-refractivity contribution in [2.75, 3.05) is 0 Å². The Morgan fingerprint density at radius 2 is 1.67 bits per heavy atom. The molecule has 0 unspecified atom stereocenters. The fourth-order valence-electron chi connectivity index (χ4n) is 2.85. The standard InChI is InChI=1S/C22H19F3N2O3/c1-21(2,3)30-20(29)17-12-26-19(28)18(27-17)14-8-6-7-13(11-14)15-9-4-5-10-16(15)22(23,24)25/h4-12H,1-3H3,(H,26,28). The molecule has 0 spiro atoms. The van der Waals surface area contributed by atoms with Gasteiger partial charge in [-0.3, -0.25) is 4.79 Å². The van der Waals surface area contributed by atoms with E-state index in [0.29, 0.717) is 0 Å². The Hall–Kier alpha value is -3.42. The fraction of sp³-hybridized carbons (Fsp3) is 0.227. The topological polar surface area (TPSA) is 72.1 Å². The van der Waals surface area contributed by atoms with Gasteiger partial charge in [-0.15, -0.1) is 0 Å². The van der Waals surface area contributed by atoms with E-state index in [-0.39, 0.29) is 28.1 Å². The van der Waals surface area contributed by atoms with Crippen molar-refractivity contribution in [1.29, 1.82) is 0 Å². The summed E-state index contributed by atoms with van der Waals surface area (Å²) in [5, 5.41) is 0. The van der Waals surface area contributed by atoms with Crippen molar-refractivity contribution in [3.8, 4) is 22.4 Å². The fourth-order valence-corrected chi connectivity index (χ4v) is 2.85. The molecule has 2 aromatic carbocycles. The number of H-pyrrole nitrogens is 1. The van der Waals surface area contributed by atoms with E-state index in [1.165, 1.54) is 42.5 Å². The summed E-state index contributed by atoms with van der Waals surface area (Å²) in [6.45, 7) is 5.08. The average molecular weight is 416 g/mol. The summed E-state index contributed by atoms with van der Waals surface area (Å²) >= 11 is 0. The predicted molar refractivity (Wildman–Crippen MR) is 106 cm³/mol. The summed E-state index contributed by atoms with van der Waals surface area (Å²) in [4.78, 5) is 31.1. The largest absolute Gasteiger partial charge is 0.455 e. The van der Waals surface area contributed by atoms with Crippen LogP contribution in [0.5, 0.6) is 0 Å². The second kappa shape index (κ2) is 7.78. The number of alkyl halides is 3. The molecule has 0 saturated heterocycles. The summed E-state index contributed by atoms with van der Waals surface area (Å²) in [7, 11) is 0. The monoisotopic (exact) mass is 416 g/mol. The summed E-state index contributed by atoms with van der Waals surface area (Å²) < 4.78 is 45.4. The van der Waals surface area contributed by atoms with Gasteiger partial charge in [0.1, 0.15) is 11.3 Å². The van der Waals surface area contributed by atoms with Crippen LogP contribution in [-0.2, 0) is 10.9 Å². The van der Waals surface area contributed by atoms with Crippen LogP contribution >= 0.6 is 0 Å². The van der Waals surface area contributed by atoms with Gasteiger partial charge in [-0.25, -0.2) is 9.78 Å². The quantitative estimate of drug-likeness (QED) is 0.605. The molecule has 0 fully saturated rings. The van der Waals surface area contributed by atoms with E-state index in [9.17, 15) is 22.8 Å². The second-order valence-electron chi connectivity index (χ2n) is 7.59. The number of hydrogen-bond acceptors (Lipinski definition) is 4. The van der Waals surface area contributed by atoms with Crippen LogP contribution in [0.2, 0.25) is 0 Å². The summed E-state index contributed by atoms with van der Waals surface area (Å²) in [6.07, 6.45) is -3.39. The Labute approximate surface area is 170 Å². The number of carbonyl (C=O) groups excluding carboxylic acids is 1. The second-order valence-corrected chi connectivity index (χ2v) is 7.59. The number of carbonyl (C=O) groups is 1. The molecule has 0 amide bonds. The summed E-state index contributed by atoms with van der Waals surface area (Å²) in [5.74, 6) is -0.724. The van der Waals surface area contributed by atoms with Crippen molar-refractivity contribution in [2.45, 2.75) is 32.5 Å². The van der Waals surface area contributed by atoms with Gasteiger partial charge in [-0.2, -0.15) is 13.2 Å². The highest BCUT2D eigenvalue weighted by molar-refractivity contribution is 5.88. The number of nitrogens with one attached hydrogen (secondary N) is 1. The lowest BCUT2D eigenvalue weighted by Crippen LogP contribution is -2.25. The molecule has 8 heteroatoms. The van der Waals surface area contributed by atoms with Crippen LogP contribution in [0.3, 0.4) is 0 Å². The lowest BCUT2D eigenvalue weighted by molar-refractivity contribution is -0.137. The van der Waals surface area contributed by atoms with E-state index in [1.807, 2.05) is 0 Å². The number of hydrogen-bond donors (Lipinski definition) is 1. The van der Waals surface area contributed by atoms with E-state index in [1.54, 1.807) is 20.8 Å². The third-order valence-electron chi connectivity index (χ3n) is 4.07. The van der Waals surface area contributed by atoms with Gasteiger partial charge in [0.2, 0.25) is 0 Å². The molecule has 0 saturated carbocycles. The van der Waals surface area contributed by atoms with Crippen molar-refractivity contribution in [1.82, 2.24) is 9.97 Å². The van der Waals surface area contributed by atoms with Crippen LogP contribution < -0.4 is 5.56 Å². The number of halogens is 3. The van der Waals surface area contributed by atoms with Crippen molar-refractivity contribution < 1.29 is 22.7 Å². The highest BCUT2D eigenvalue weighted by Gasteiger charge is 2.33. The van der Waals surface area contributed by atoms with Gasteiger partial charge in [0.15, 0.2) is 5.69 Å². The number of ether oxygens (including phenoxy) is 1. The molecule has 1 heterocycles. The molecule has 3 rings (SSSR count). The third kappa shape index (κ3) is 4.76. The maximum absolute atomic E-state index is 13.4. The van der Waals surface area contributed by atoms with Crippen LogP contribution in [0, 0.1) is 0 Å². The van der Waals surface area contributed by atoms with Gasteiger partial charge in [0, 0.05) is 11.8 Å². The van der Waals surface area contributed by atoms with Crippen LogP contribution in [0.1, 0.15) is 36.8 Å². The minimum Gasteiger partial charge on any atom is -0.455 e. The van der Waals surface area contributed by atoms with E-state index in [0.717, 1.165) is 12.3 Å². The summed E-state index contributed by atoms with van der Waals surface area (Å²) in [5.41, 5.74) is -1.80. The number of benzene rings is 2. The Bertz CT molecular complexity index is 1150. The Morgan fingerprint density at radius 3 is 2.33 bits per heavy atom. The molecule has 0 radical (unpaired) electrons. The van der Waals surface area contributed by atoms with Crippen LogP contribution in [0.15, 0.2) is 59.5 Å². The molecule has 1 N–H and O–H groups in total. The molecule has 156 valence electrons. The molecule has 0 aliphatic rings. The SMILES string of the molecule is CC(C)(C)OC(=O)c1c[nH]c(=O)c(-c2cccc(-c3ccccc3C(F)(F)F)c2)n1. The average Bonchev–Trinajstić information content (AvgIpc) is 2.66. The zero-order valence-electron chi connectivity index (χ0n) is 16.5. The lowest BCUT2D eigenvalue weighted by atomic mass is 9.97. The Morgan fingerprint density at radius 1 is 1.00 bits per heavy atom. The van der Waals surface area contributed by atoms with Crippen LogP contribution in [0.25, 0.3) is 22.4 Å². The van der Waals surface area contributed by atoms with Gasteiger partial charge in [0.25, 0.3) is 5.56 Å². The van der Waals surface area contributed by atoms with Crippen molar-refractivity contribution >= 4 is 5.97 Å². The molecular formula is C22H19F3N2O3. The smallest absolute Gasteiger partial charge is 0.417 e. The molecule has 1 aromatic heterocycles. The van der Waals surface area contributed by atoms with E-state index in [4.69, 9.17) is 4.74 Å². The summed E-state index contributed by atoms with van der Waals surface area (Å²) in [6, 6.07) is 11.2. The normalized spacial score (nSPS) is 11.9. The number of nitrogens with zero attached hydrogens (tertiary/aromatic N) is 1. The molecule has 0 bridgehead atoms. The number of aromatic amines is 1. The molecule has 0 aliphatic heterocycles. The van der Waals surface area contributed by atoms with Crippen molar-refractivity contribution in [3.63, 3.8) is 0 Å². The van der Waals surface area contributed by atoms with E-state index >= 15 is 0 Å². The van der Waals surface area contributed by atoms with Gasteiger partial charge in [-0.1, -0.05) is 36.4 Å². The van der Waals surface area contributed by atoms with Crippen molar-refractivity contribution in [2.24, 2.45) is 0 Å². The lowest BCUT2D eigenvalue weighted by Gasteiger charge is -2.19. The highest BCUT2D eigenvalue weighted by atomic mass is 19.4. The zero-order valence-corrected chi connectivity index (χ0v) is 16.5. The molecule has 0 atom stereocenters. The van der Waals surface area contributed by atoms with Crippen LogP contribution in [-0.4, -0.2) is 21.5 Å². The predicted octanol–water partition coefficient (Wildman–Crippen LogP) is 5.08. The van der Waals surface area contributed by atoms with Gasteiger partial charge >= 0.3 is 12.1 Å². The van der Waals surface area contributed by atoms with E-state index < -0.39 is 28.9 Å². The van der Waals surface area contributed by atoms with Crippen molar-refractivity contribution in [3.05, 3.63) is 76.3 Å². The molecule has 5 nitrogen and oxygen atoms in total. The first kappa shape index (κ1) is 21.3. The van der Waals surface area contributed by atoms with E-state index in [2.05, 4.69) is 9.97 Å². The highest BCUT2D eigenvalue weighted by Crippen LogP contribution is 2.37. The minimum atomic E-state index is -4.53. The Kier molecular flexibility index (Phi) is 5.52. The third-order valence-corrected chi connectivity index (χ3v) is 4.07.